The monoisotopic (exact) mass is 440 g/mol. The predicted molar refractivity (Wildman–Crippen MR) is 116 cm³/mol. The molecule has 1 aromatic heterocycles. The fraction of sp³-hybridized carbons (Fsp3) is 0.333. The smallest absolute Gasteiger partial charge is 0.387 e. The molecule has 2 N–H and O–H groups in total. The van der Waals surface area contributed by atoms with Crippen LogP contribution in [0.3, 0.4) is 0 Å². The zero-order valence-corrected chi connectivity index (χ0v) is 17.4. The lowest BCUT2D eigenvalue weighted by atomic mass is 9.89. The number of nitrogens with one attached hydrogen (secondary N) is 1. The Morgan fingerprint density at radius 1 is 1.25 bits per heavy atom. The van der Waals surface area contributed by atoms with Crippen molar-refractivity contribution in [3.8, 4) is 16.9 Å². The molecule has 0 amide bonds. The number of benzene rings is 2. The molecular weight excluding hydrogens is 418 g/mol. The average Bonchev–Trinajstić information content (AvgIpc) is 3.59. The molecule has 0 spiro atoms. The largest absolute Gasteiger partial charge is 0.477 e. The molecule has 32 heavy (non-hydrogen) atoms. The van der Waals surface area contributed by atoms with Crippen molar-refractivity contribution in [1.29, 1.82) is 0 Å². The molecule has 166 valence electrons. The number of carboxylic acids is 1. The lowest BCUT2D eigenvalue weighted by Gasteiger charge is -2.25. The van der Waals surface area contributed by atoms with E-state index in [1.54, 1.807) is 10.6 Å². The first kappa shape index (κ1) is 20.6. The van der Waals surface area contributed by atoms with Gasteiger partial charge in [-0.3, -0.25) is 4.79 Å². The SMILES string of the molecule is CC1CNCc2ccc(-c3ccc4c(=O)c(C(=O)O)cn(C5CC5)c4c3OC(F)F)cc21. The number of rotatable bonds is 5. The summed E-state index contributed by atoms with van der Waals surface area (Å²) in [6, 6.07) is 8.86. The fourth-order valence-corrected chi connectivity index (χ4v) is 4.56. The van der Waals surface area contributed by atoms with Gasteiger partial charge in [0.1, 0.15) is 5.56 Å². The number of pyridine rings is 1. The Morgan fingerprint density at radius 2 is 2.03 bits per heavy atom. The Balaban J connectivity index is 1.80. The maximum atomic E-state index is 13.5. The molecule has 2 aromatic carbocycles. The van der Waals surface area contributed by atoms with Crippen molar-refractivity contribution in [2.45, 2.75) is 44.9 Å². The summed E-state index contributed by atoms with van der Waals surface area (Å²) in [5.74, 6) is -1.18. The number of nitrogens with zero attached hydrogens (tertiary/aromatic N) is 1. The number of hydrogen-bond acceptors (Lipinski definition) is 4. The molecular formula is C24H22F2N2O4. The van der Waals surface area contributed by atoms with Crippen LogP contribution in [0.1, 0.15) is 53.2 Å². The van der Waals surface area contributed by atoms with Gasteiger partial charge in [0.05, 0.1) is 10.9 Å². The van der Waals surface area contributed by atoms with Crippen LogP contribution in [0.5, 0.6) is 5.75 Å². The molecule has 0 radical (unpaired) electrons. The van der Waals surface area contributed by atoms with Gasteiger partial charge in [0.15, 0.2) is 5.75 Å². The molecule has 0 bridgehead atoms. The highest BCUT2D eigenvalue weighted by molar-refractivity contribution is 5.97. The van der Waals surface area contributed by atoms with Crippen molar-refractivity contribution in [2.24, 2.45) is 0 Å². The maximum Gasteiger partial charge on any atom is 0.387 e. The van der Waals surface area contributed by atoms with E-state index in [4.69, 9.17) is 4.74 Å². The van der Waals surface area contributed by atoms with E-state index in [0.717, 1.165) is 37.1 Å². The summed E-state index contributed by atoms with van der Waals surface area (Å²) in [6.07, 6.45) is 2.81. The van der Waals surface area contributed by atoms with Gasteiger partial charge < -0.3 is 19.7 Å². The first-order valence-corrected chi connectivity index (χ1v) is 10.6. The molecule has 0 saturated heterocycles. The predicted octanol–water partition coefficient (Wildman–Crippen LogP) is 4.51. The third kappa shape index (κ3) is 3.44. The highest BCUT2D eigenvalue weighted by Crippen LogP contribution is 2.43. The molecule has 5 rings (SSSR count). The van der Waals surface area contributed by atoms with Crippen LogP contribution in [0.25, 0.3) is 22.0 Å². The molecule has 1 aliphatic heterocycles. The molecule has 1 saturated carbocycles. The molecule has 8 heteroatoms. The van der Waals surface area contributed by atoms with Gasteiger partial charge in [0.2, 0.25) is 5.43 Å². The van der Waals surface area contributed by atoms with Gasteiger partial charge >= 0.3 is 12.6 Å². The van der Waals surface area contributed by atoms with Crippen molar-refractivity contribution >= 4 is 16.9 Å². The third-order valence-corrected chi connectivity index (χ3v) is 6.28. The Hall–Kier alpha value is -3.26. The minimum atomic E-state index is -3.10. The van der Waals surface area contributed by atoms with Crippen molar-refractivity contribution in [3.63, 3.8) is 0 Å². The summed E-state index contributed by atoms with van der Waals surface area (Å²) < 4.78 is 33.7. The van der Waals surface area contributed by atoms with Gasteiger partial charge in [-0.05, 0) is 47.6 Å². The number of halogens is 2. The van der Waals surface area contributed by atoms with Crippen molar-refractivity contribution in [1.82, 2.24) is 9.88 Å². The van der Waals surface area contributed by atoms with Crippen molar-refractivity contribution in [2.75, 3.05) is 6.54 Å². The highest BCUT2D eigenvalue weighted by atomic mass is 19.3. The number of aromatic carboxylic acids is 1. The molecule has 2 heterocycles. The van der Waals surface area contributed by atoms with Crippen molar-refractivity contribution < 1.29 is 23.4 Å². The number of alkyl halides is 2. The number of fused-ring (bicyclic) bond motifs is 2. The minimum absolute atomic E-state index is 0.0545. The average molecular weight is 440 g/mol. The Bertz CT molecular complexity index is 1300. The third-order valence-electron chi connectivity index (χ3n) is 6.28. The standard InChI is InChI=1S/C24H22F2N2O4/c1-12-9-27-10-14-3-2-13(8-18(12)14)16-6-7-17-20(22(16)32-24(25)26)28(15-4-5-15)11-19(21(17)29)23(30)31/h2-3,6-8,11-12,15,24,27H,4-5,9-10H2,1H3,(H,30,31). The van der Waals surface area contributed by atoms with Crippen LogP contribution < -0.4 is 15.5 Å². The molecule has 3 aromatic rings. The van der Waals surface area contributed by atoms with Crippen LogP contribution in [0.4, 0.5) is 8.78 Å². The second-order valence-corrected chi connectivity index (χ2v) is 8.48. The second kappa shape index (κ2) is 7.70. The van der Waals surface area contributed by atoms with Gasteiger partial charge in [-0.25, -0.2) is 4.79 Å². The molecule has 6 nitrogen and oxygen atoms in total. The zero-order valence-electron chi connectivity index (χ0n) is 17.4. The molecule has 2 aliphatic rings. The first-order chi connectivity index (χ1) is 15.3. The van der Waals surface area contributed by atoms with Crippen LogP contribution in [0.2, 0.25) is 0 Å². The zero-order chi connectivity index (χ0) is 22.6. The van der Waals surface area contributed by atoms with Crippen molar-refractivity contribution in [3.05, 3.63) is 63.4 Å². The van der Waals surface area contributed by atoms with Gasteiger partial charge in [-0.1, -0.05) is 25.1 Å². The van der Waals surface area contributed by atoms with Gasteiger partial charge in [0.25, 0.3) is 0 Å². The summed E-state index contributed by atoms with van der Waals surface area (Å²) >= 11 is 0. The number of aromatic nitrogens is 1. The summed E-state index contributed by atoms with van der Waals surface area (Å²) in [7, 11) is 0. The number of carbonyl (C=O) groups is 1. The van der Waals surface area contributed by atoms with Crippen LogP contribution in [-0.2, 0) is 6.54 Å². The van der Waals surface area contributed by atoms with E-state index in [-0.39, 0.29) is 34.2 Å². The molecule has 1 fully saturated rings. The minimum Gasteiger partial charge on any atom is -0.477 e. The number of hydrogen-bond donors (Lipinski definition) is 2. The summed E-state index contributed by atoms with van der Waals surface area (Å²) in [5.41, 5.74) is 2.59. The van der Waals surface area contributed by atoms with Gasteiger partial charge in [-0.15, -0.1) is 0 Å². The first-order valence-electron chi connectivity index (χ1n) is 10.6. The molecule has 1 aliphatic carbocycles. The van der Waals surface area contributed by atoms with Crippen LogP contribution in [0.15, 0.2) is 41.3 Å². The van der Waals surface area contributed by atoms with Crippen LogP contribution in [-0.4, -0.2) is 28.8 Å². The van der Waals surface area contributed by atoms with E-state index in [1.807, 2.05) is 18.2 Å². The summed E-state index contributed by atoms with van der Waals surface area (Å²) in [4.78, 5) is 24.5. The number of carboxylic acid groups (broad SMARTS) is 1. The normalized spacial score (nSPS) is 18.1. The molecule has 1 atom stereocenters. The Labute approximate surface area is 182 Å². The van der Waals surface area contributed by atoms with E-state index in [0.29, 0.717) is 11.1 Å². The lowest BCUT2D eigenvalue weighted by molar-refractivity contribution is -0.0486. The summed E-state index contributed by atoms with van der Waals surface area (Å²) in [6.45, 7) is 0.580. The Morgan fingerprint density at radius 3 is 2.72 bits per heavy atom. The quantitative estimate of drug-likeness (QED) is 0.610. The second-order valence-electron chi connectivity index (χ2n) is 8.48. The van der Waals surface area contributed by atoms with Gasteiger partial charge in [-0.2, -0.15) is 8.78 Å². The fourth-order valence-electron chi connectivity index (χ4n) is 4.56. The van der Waals surface area contributed by atoms with E-state index >= 15 is 0 Å². The number of ether oxygens (including phenoxy) is 1. The van der Waals surface area contributed by atoms with Gasteiger partial charge in [0, 0.05) is 30.9 Å². The van der Waals surface area contributed by atoms with Crippen LogP contribution in [0, 0.1) is 0 Å². The van der Waals surface area contributed by atoms with E-state index in [1.165, 1.54) is 12.3 Å². The maximum absolute atomic E-state index is 13.5. The Kier molecular flexibility index (Phi) is 4.97. The van der Waals surface area contributed by atoms with E-state index in [2.05, 4.69) is 12.2 Å². The summed E-state index contributed by atoms with van der Waals surface area (Å²) in [5, 5.41) is 12.9. The van der Waals surface area contributed by atoms with Crippen LogP contribution >= 0.6 is 0 Å². The van der Waals surface area contributed by atoms with E-state index in [9.17, 15) is 23.5 Å². The highest BCUT2D eigenvalue weighted by Gasteiger charge is 2.30. The topological polar surface area (TPSA) is 80.6 Å². The van der Waals surface area contributed by atoms with E-state index < -0.39 is 18.0 Å². The molecule has 1 unspecified atom stereocenters. The lowest BCUT2D eigenvalue weighted by Crippen LogP contribution is -2.26.